The van der Waals surface area contributed by atoms with Crippen molar-refractivity contribution in [2.24, 2.45) is 0 Å². The Labute approximate surface area is 121 Å². The van der Waals surface area contributed by atoms with E-state index >= 15 is 0 Å². The van der Waals surface area contributed by atoms with Crippen LogP contribution in [0.2, 0.25) is 0 Å². The largest absolute Gasteiger partial charge is 0.495 e. The molecule has 1 N–H and O–H groups in total. The third-order valence-electron chi connectivity index (χ3n) is 3.32. The van der Waals surface area contributed by atoms with E-state index in [1.165, 1.54) is 11.3 Å². The van der Waals surface area contributed by atoms with Crippen molar-refractivity contribution >= 4 is 17.2 Å². The molecule has 1 aromatic carbocycles. The number of aliphatic hydroxyl groups excluding tert-OH is 1. The van der Waals surface area contributed by atoms with Gasteiger partial charge in [0.05, 0.1) is 13.2 Å². The van der Waals surface area contributed by atoms with E-state index < -0.39 is 6.10 Å². The van der Waals surface area contributed by atoms with E-state index in [0.717, 1.165) is 10.4 Å². The minimum Gasteiger partial charge on any atom is -0.495 e. The van der Waals surface area contributed by atoms with Gasteiger partial charge in [0.2, 0.25) is 0 Å². The Kier molecular flexibility index (Phi) is 3.46. The topological polar surface area (TPSA) is 49.8 Å². The van der Waals surface area contributed by atoms with Crippen LogP contribution in [0.3, 0.4) is 0 Å². The van der Waals surface area contributed by atoms with Gasteiger partial charge in [0.15, 0.2) is 0 Å². The number of hydrogen-bond donors (Lipinski definition) is 1. The summed E-state index contributed by atoms with van der Waals surface area (Å²) in [5.74, 6) is 0.527. The van der Waals surface area contributed by atoms with Crippen LogP contribution in [-0.4, -0.2) is 42.2 Å². The lowest BCUT2D eigenvalue weighted by Crippen LogP contribution is -2.53. The molecule has 1 saturated heterocycles. The van der Waals surface area contributed by atoms with Gasteiger partial charge >= 0.3 is 0 Å². The summed E-state index contributed by atoms with van der Waals surface area (Å²) in [6.45, 7) is 0.807. The zero-order chi connectivity index (χ0) is 14.1. The van der Waals surface area contributed by atoms with Crippen LogP contribution in [0.5, 0.6) is 5.75 Å². The highest BCUT2D eigenvalue weighted by molar-refractivity contribution is 7.17. The van der Waals surface area contributed by atoms with Crippen molar-refractivity contribution < 1.29 is 14.6 Å². The second-order valence-electron chi connectivity index (χ2n) is 4.74. The number of ether oxygens (including phenoxy) is 1. The lowest BCUT2D eigenvalue weighted by atomic mass is 10.1. The normalized spacial score (nSPS) is 15.0. The van der Waals surface area contributed by atoms with Crippen LogP contribution in [0, 0.1) is 0 Å². The number of β-amino-alcohol motifs (C(OH)–C–C–N with tert-alkyl or cyclic N) is 1. The van der Waals surface area contributed by atoms with Crippen LogP contribution in [0.25, 0.3) is 10.4 Å². The predicted molar refractivity (Wildman–Crippen MR) is 78.2 cm³/mol. The molecule has 1 aliphatic rings. The molecule has 104 valence electrons. The molecule has 0 unspecified atom stereocenters. The Morgan fingerprint density at radius 3 is 2.65 bits per heavy atom. The maximum atomic E-state index is 12.3. The minimum absolute atomic E-state index is 0.0701. The van der Waals surface area contributed by atoms with Crippen LogP contribution in [0.1, 0.15) is 9.67 Å². The standard InChI is InChI=1S/C15H15NO3S/c1-19-12-7-13(10-5-3-2-4-6-10)20-14(12)15(18)16-8-11(17)9-16/h2-7,11,17H,8-9H2,1H3. The van der Waals surface area contributed by atoms with Gasteiger partial charge in [-0.1, -0.05) is 30.3 Å². The number of thiophene rings is 1. The highest BCUT2D eigenvalue weighted by Gasteiger charge is 2.32. The van der Waals surface area contributed by atoms with E-state index in [1.54, 1.807) is 12.0 Å². The number of hydrogen-bond acceptors (Lipinski definition) is 4. The first-order valence-electron chi connectivity index (χ1n) is 6.39. The first kappa shape index (κ1) is 13.1. The number of amides is 1. The van der Waals surface area contributed by atoms with Gasteiger partial charge in [-0.25, -0.2) is 0 Å². The van der Waals surface area contributed by atoms with E-state index in [-0.39, 0.29) is 5.91 Å². The summed E-state index contributed by atoms with van der Waals surface area (Å²) in [7, 11) is 1.57. The van der Waals surface area contributed by atoms with Gasteiger partial charge in [-0.2, -0.15) is 0 Å². The number of aliphatic hydroxyl groups is 1. The Hall–Kier alpha value is -1.85. The molecule has 0 spiro atoms. The summed E-state index contributed by atoms with van der Waals surface area (Å²) < 4.78 is 5.31. The minimum atomic E-state index is -0.390. The molecule has 4 nitrogen and oxygen atoms in total. The Morgan fingerprint density at radius 1 is 1.35 bits per heavy atom. The number of carbonyl (C=O) groups excluding carboxylic acids is 1. The lowest BCUT2D eigenvalue weighted by molar-refractivity contribution is 0.00605. The molecule has 2 aromatic rings. The number of benzene rings is 1. The van der Waals surface area contributed by atoms with Crippen molar-refractivity contribution in [3.8, 4) is 16.2 Å². The summed E-state index contributed by atoms with van der Waals surface area (Å²) in [4.78, 5) is 15.6. The summed E-state index contributed by atoms with van der Waals surface area (Å²) in [5.41, 5.74) is 1.07. The molecule has 0 aliphatic carbocycles. The molecule has 0 radical (unpaired) electrons. The van der Waals surface area contributed by atoms with Crippen LogP contribution in [0.4, 0.5) is 0 Å². The molecule has 1 aromatic heterocycles. The fraction of sp³-hybridized carbons (Fsp3) is 0.267. The smallest absolute Gasteiger partial charge is 0.267 e. The van der Waals surface area contributed by atoms with Crippen LogP contribution in [0.15, 0.2) is 36.4 Å². The maximum Gasteiger partial charge on any atom is 0.267 e. The van der Waals surface area contributed by atoms with Gasteiger partial charge in [0.1, 0.15) is 10.6 Å². The number of likely N-dealkylation sites (tertiary alicyclic amines) is 1. The zero-order valence-corrected chi connectivity index (χ0v) is 11.9. The predicted octanol–water partition coefficient (Wildman–Crippen LogP) is 2.24. The van der Waals surface area contributed by atoms with Crippen molar-refractivity contribution in [2.75, 3.05) is 20.2 Å². The first-order chi connectivity index (χ1) is 9.69. The molecule has 5 heteroatoms. The molecular weight excluding hydrogens is 274 g/mol. The third kappa shape index (κ3) is 2.30. The number of rotatable bonds is 3. The van der Waals surface area contributed by atoms with Gasteiger partial charge < -0.3 is 14.7 Å². The quantitative estimate of drug-likeness (QED) is 0.942. The second kappa shape index (κ2) is 5.26. The van der Waals surface area contributed by atoms with Crippen molar-refractivity contribution in [3.05, 3.63) is 41.3 Å². The van der Waals surface area contributed by atoms with E-state index in [0.29, 0.717) is 23.7 Å². The van der Waals surface area contributed by atoms with Crippen LogP contribution < -0.4 is 4.74 Å². The van der Waals surface area contributed by atoms with Gasteiger partial charge in [-0.05, 0) is 11.6 Å². The number of carbonyl (C=O) groups is 1. The van der Waals surface area contributed by atoms with Gasteiger partial charge in [-0.15, -0.1) is 11.3 Å². The lowest BCUT2D eigenvalue weighted by Gasteiger charge is -2.35. The summed E-state index contributed by atoms with van der Waals surface area (Å²) in [5, 5.41) is 9.30. The summed E-state index contributed by atoms with van der Waals surface area (Å²) in [6.07, 6.45) is -0.390. The van der Waals surface area contributed by atoms with Crippen molar-refractivity contribution in [1.29, 1.82) is 0 Å². The molecular formula is C15H15NO3S. The van der Waals surface area contributed by atoms with Crippen LogP contribution in [-0.2, 0) is 0 Å². The molecule has 0 bridgehead atoms. The van der Waals surface area contributed by atoms with E-state index in [1.807, 2.05) is 36.4 Å². The van der Waals surface area contributed by atoms with Gasteiger partial charge in [-0.3, -0.25) is 4.79 Å². The zero-order valence-electron chi connectivity index (χ0n) is 11.1. The van der Waals surface area contributed by atoms with Crippen LogP contribution >= 0.6 is 11.3 Å². The molecule has 1 amide bonds. The molecule has 3 rings (SSSR count). The van der Waals surface area contributed by atoms with Gasteiger partial charge in [0.25, 0.3) is 5.91 Å². The average molecular weight is 289 g/mol. The fourth-order valence-electron chi connectivity index (χ4n) is 2.18. The molecule has 0 atom stereocenters. The third-order valence-corrected chi connectivity index (χ3v) is 4.47. The van der Waals surface area contributed by atoms with E-state index in [9.17, 15) is 9.90 Å². The van der Waals surface area contributed by atoms with E-state index in [2.05, 4.69) is 0 Å². The Bertz CT molecular complexity index is 617. The monoisotopic (exact) mass is 289 g/mol. The molecule has 1 fully saturated rings. The van der Waals surface area contributed by atoms with Gasteiger partial charge in [0, 0.05) is 18.0 Å². The van der Waals surface area contributed by atoms with Crippen molar-refractivity contribution in [2.45, 2.75) is 6.10 Å². The highest BCUT2D eigenvalue weighted by atomic mass is 32.1. The molecule has 1 aliphatic heterocycles. The summed E-state index contributed by atoms with van der Waals surface area (Å²) >= 11 is 1.43. The number of nitrogens with zero attached hydrogens (tertiary/aromatic N) is 1. The maximum absolute atomic E-state index is 12.3. The first-order valence-corrected chi connectivity index (χ1v) is 7.21. The fourth-order valence-corrected chi connectivity index (χ4v) is 3.28. The average Bonchev–Trinajstić information content (AvgIpc) is 2.88. The molecule has 2 heterocycles. The highest BCUT2D eigenvalue weighted by Crippen LogP contribution is 2.37. The Morgan fingerprint density at radius 2 is 2.05 bits per heavy atom. The summed E-state index contributed by atoms with van der Waals surface area (Å²) in [6, 6.07) is 11.8. The van der Waals surface area contributed by atoms with E-state index in [4.69, 9.17) is 4.74 Å². The van der Waals surface area contributed by atoms with Crippen molar-refractivity contribution in [1.82, 2.24) is 4.90 Å². The number of methoxy groups -OCH3 is 1. The SMILES string of the molecule is COc1cc(-c2ccccc2)sc1C(=O)N1CC(O)C1. The molecule has 0 saturated carbocycles. The second-order valence-corrected chi connectivity index (χ2v) is 5.79. The molecule has 20 heavy (non-hydrogen) atoms. The Balaban J connectivity index is 1.91. The van der Waals surface area contributed by atoms with Crippen molar-refractivity contribution in [3.63, 3.8) is 0 Å².